The van der Waals surface area contributed by atoms with Crippen molar-refractivity contribution in [3.63, 3.8) is 0 Å². The molecule has 2 fully saturated rings. The number of piperidine rings is 1. The van der Waals surface area contributed by atoms with Crippen molar-refractivity contribution < 1.29 is 13.2 Å². The van der Waals surface area contributed by atoms with E-state index in [0.717, 1.165) is 50.6 Å². The molecule has 0 N–H and O–H groups in total. The summed E-state index contributed by atoms with van der Waals surface area (Å²) >= 11 is 0. The van der Waals surface area contributed by atoms with Gasteiger partial charge in [-0.2, -0.15) is 4.31 Å². The fourth-order valence-corrected chi connectivity index (χ4v) is 5.18. The highest BCUT2D eigenvalue weighted by molar-refractivity contribution is 7.89. The van der Waals surface area contributed by atoms with Crippen molar-refractivity contribution in [1.82, 2.24) is 9.21 Å². The number of sulfonamides is 1. The molecule has 2 aliphatic rings. The quantitative estimate of drug-likeness (QED) is 0.709. The fraction of sp³-hybridized carbons (Fsp3) is 0.667. The van der Waals surface area contributed by atoms with Gasteiger partial charge in [0.1, 0.15) is 0 Å². The molecule has 0 bridgehead atoms. The third-order valence-electron chi connectivity index (χ3n) is 5.59. The van der Waals surface area contributed by atoms with Gasteiger partial charge in [-0.1, -0.05) is 26.3 Å². The van der Waals surface area contributed by atoms with Crippen molar-refractivity contribution >= 4 is 15.9 Å². The highest BCUT2D eigenvalue weighted by Crippen LogP contribution is 2.30. The highest BCUT2D eigenvalue weighted by Gasteiger charge is 2.34. The average Bonchev–Trinajstić information content (AvgIpc) is 3.47. The first-order valence-corrected chi connectivity index (χ1v) is 11.7. The second-order valence-electron chi connectivity index (χ2n) is 8.35. The molecule has 1 aromatic rings. The van der Waals surface area contributed by atoms with Crippen molar-refractivity contribution in [1.29, 1.82) is 0 Å². The first kappa shape index (κ1) is 20.3. The molecule has 1 aromatic carbocycles. The summed E-state index contributed by atoms with van der Waals surface area (Å²) in [5, 5.41) is 0. The van der Waals surface area contributed by atoms with E-state index in [-0.39, 0.29) is 10.8 Å². The van der Waals surface area contributed by atoms with E-state index in [1.54, 1.807) is 22.5 Å². The minimum atomic E-state index is -3.53. The number of hydrogen-bond donors (Lipinski definition) is 0. The normalized spacial score (nSPS) is 18.7. The third-order valence-corrected chi connectivity index (χ3v) is 7.48. The van der Waals surface area contributed by atoms with E-state index in [0.29, 0.717) is 30.6 Å². The SMILES string of the molecule is Cc1ccc(S(=O)(=O)N2CCCCC2)cc1C(=O)N(CCC(C)C)C1CC1. The predicted octanol–water partition coefficient (Wildman–Crippen LogP) is 3.82. The summed E-state index contributed by atoms with van der Waals surface area (Å²) < 4.78 is 27.6. The molecule has 1 saturated carbocycles. The lowest BCUT2D eigenvalue weighted by atomic mass is 10.1. The van der Waals surface area contributed by atoms with E-state index in [1.807, 2.05) is 11.8 Å². The Morgan fingerprint density at radius 3 is 2.44 bits per heavy atom. The van der Waals surface area contributed by atoms with Crippen LogP contribution < -0.4 is 0 Å². The summed E-state index contributed by atoms with van der Waals surface area (Å²) in [6.07, 6.45) is 5.95. The Kier molecular flexibility index (Phi) is 6.26. The standard InChI is InChI=1S/C21H32N2O3S/c1-16(2)11-14-23(18-8-9-18)21(24)20-15-19(10-7-17(20)3)27(25,26)22-12-5-4-6-13-22/h7,10,15-16,18H,4-6,8-9,11-14H2,1-3H3. The fourth-order valence-electron chi connectivity index (χ4n) is 3.63. The number of hydrogen-bond acceptors (Lipinski definition) is 3. The zero-order valence-electron chi connectivity index (χ0n) is 16.8. The van der Waals surface area contributed by atoms with E-state index >= 15 is 0 Å². The largest absolute Gasteiger partial charge is 0.336 e. The van der Waals surface area contributed by atoms with Crippen molar-refractivity contribution in [3.8, 4) is 0 Å². The number of amides is 1. The summed E-state index contributed by atoms with van der Waals surface area (Å²) in [7, 11) is -3.53. The Morgan fingerprint density at radius 2 is 1.85 bits per heavy atom. The van der Waals surface area contributed by atoms with Gasteiger partial charge in [-0.3, -0.25) is 4.79 Å². The molecule has 0 atom stereocenters. The summed E-state index contributed by atoms with van der Waals surface area (Å²) in [4.78, 5) is 15.4. The molecule has 1 aliphatic heterocycles. The maximum Gasteiger partial charge on any atom is 0.254 e. The summed E-state index contributed by atoms with van der Waals surface area (Å²) in [5.41, 5.74) is 1.37. The Hall–Kier alpha value is -1.40. The molecule has 1 aliphatic carbocycles. The van der Waals surface area contributed by atoms with Gasteiger partial charge in [-0.25, -0.2) is 8.42 Å². The molecule has 27 heavy (non-hydrogen) atoms. The number of benzene rings is 1. The van der Waals surface area contributed by atoms with Crippen LogP contribution in [0.5, 0.6) is 0 Å². The first-order chi connectivity index (χ1) is 12.8. The molecule has 0 unspecified atom stereocenters. The zero-order chi connectivity index (χ0) is 19.6. The second kappa shape index (κ2) is 8.31. The zero-order valence-corrected chi connectivity index (χ0v) is 17.6. The van der Waals surface area contributed by atoms with Gasteiger partial charge in [0.25, 0.3) is 5.91 Å². The maximum absolute atomic E-state index is 13.2. The smallest absolute Gasteiger partial charge is 0.254 e. The molecule has 0 aromatic heterocycles. The van der Waals surface area contributed by atoms with Crippen LogP contribution in [0.2, 0.25) is 0 Å². The Morgan fingerprint density at radius 1 is 1.19 bits per heavy atom. The minimum absolute atomic E-state index is 0.0219. The van der Waals surface area contributed by atoms with Gasteiger partial charge >= 0.3 is 0 Å². The molecular weight excluding hydrogens is 360 g/mol. The van der Waals surface area contributed by atoms with Crippen molar-refractivity contribution in [2.45, 2.75) is 70.2 Å². The minimum Gasteiger partial charge on any atom is -0.336 e. The molecule has 0 spiro atoms. The molecular formula is C21H32N2O3S. The Bertz CT molecular complexity index is 779. The number of aryl methyl sites for hydroxylation is 1. The van der Waals surface area contributed by atoms with Gasteiger partial charge < -0.3 is 4.90 Å². The Labute approximate surface area is 163 Å². The van der Waals surface area contributed by atoms with Gasteiger partial charge in [-0.05, 0) is 62.6 Å². The topological polar surface area (TPSA) is 57.7 Å². The lowest BCUT2D eigenvalue weighted by molar-refractivity contribution is 0.0734. The molecule has 3 rings (SSSR count). The third kappa shape index (κ3) is 4.72. The van der Waals surface area contributed by atoms with Gasteiger partial charge in [0.15, 0.2) is 0 Å². The van der Waals surface area contributed by atoms with Crippen LogP contribution in [0.25, 0.3) is 0 Å². The first-order valence-electron chi connectivity index (χ1n) is 10.2. The van der Waals surface area contributed by atoms with Crippen molar-refractivity contribution in [3.05, 3.63) is 29.3 Å². The van der Waals surface area contributed by atoms with Crippen LogP contribution in [0.4, 0.5) is 0 Å². The van der Waals surface area contributed by atoms with Gasteiger partial charge in [0.05, 0.1) is 4.90 Å². The lowest BCUT2D eigenvalue weighted by Gasteiger charge is -2.27. The molecule has 1 saturated heterocycles. The van der Waals surface area contributed by atoms with Gasteiger partial charge in [0, 0.05) is 31.2 Å². The van der Waals surface area contributed by atoms with Crippen LogP contribution in [-0.4, -0.2) is 49.2 Å². The Balaban J connectivity index is 1.86. The van der Waals surface area contributed by atoms with Crippen LogP contribution in [0.3, 0.4) is 0 Å². The summed E-state index contributed by atoms with van der Waals surface area (Å²) in [5.74, 6) is 0.511. The van der Waals surface area contributed by atoms with E-state index in [4.69, 9.17) is 0 Å². The van der Waals surface area contributed by atoms with Crippen molar-refractivity contribution in [2.75, 3.05) is 19.6 Å². The molecule has 1 heterocycles. The number of carbonyl (C=O) groups excluding carboxylic acids is 1. The van der Waals surface area contributed by atoms with E-state index < -0.39 is 10.0 Å². The van der Waals surface area contributed by atoms with Crippen LogP contribution in [-0.2, 0) is 10.0 Å². The average molecular weight is 393 g/mol. The lowest BCUT2D eigenvalue weighted by Crippen LogP contribution is -2.36. The number of nitrogens with zero attached hydrogens (tertiary/aromatic N) is 2. The van der Waals surface area contributed by atoms with Gasteiger partial charge in [0.2, 0.25) is 10.0 Å². The summed E-state index contributed by atoms with van der Waals surface area (Å²) in [6.45, 7) is 8.09. The predicted molar refractivity (Wildman–Crippen MR) is 107 cm³/mol. The van der Waals surface area contributed by atoms with Crippen LogP contribution in [0.1, 0.15) is 68.3 Å². The highest BCUT2D eigenvalue weighted by atomic mass is 32.2. The number of rotatable bonds is 7. The van der Waals surface area contributed by atoms with E-state index in [9.17, 15) is 13.2 Å². The van der Waals surface area contributed by atoms with E-state index in [2.05, 4.69) is 13.8 Å². The summed E-state index contributed by atoms with van der Waals surface area (Å²) in [6, 6.07) is 5.34. The second-order valence-corrected chi connectivity index (χ2v) is 10.3. The molecule has 0 radical (unpaired) electrons. The molecule has 5 nitrogen and oxygen atoms in total. The van der Waals surface area contributed by atoms with Crippen LogP contribution in [0, 0.1) is 12.8 Å². The van der Waals surface area contributed by atoms with E-state index in [1.165, 1.54) is 0 Å². The maximum atomic E-state index is 13.2. The van der Waals surface area contributed by atoms with Crippen LogP contribution >= 0.6 is 0 Å². The monoisotopic (exact) mass is 392 g/mol. The van der Waals surface area contributed by atoms with Crippen molar-refractivity contribution in [2.24, 2.45) is 5.92 Å². The molecule has 150 valence electrons. The molecule has 6 heteroatoms. The van der Waals surface area contributed by atoms with Crippen LogP contribution in [0.15, 0.2) is 23.1 Å². The molecule has 1 amide bonds. The number of carbonyl (C=O) groups is 1. The van der Waals surface area contributed by atoms with Gasteiger partial charge in [-0.15, -0.1) is 0 Å².